The van der Waals surface area contributed by atoms with Crippen LogP contribution in [0.1, 0.15) is 22.3 Å². The van der Waals surface area contributed by atoms with E-state index in [-0.39, 0.29) is 28.8 Å². The zero-order valence-electron chi connectivity index (χ0n) is 16.1. The van der Waals surface area contributed by atoms with Gasteiger partial charge in [0.05, 0.1) is 7.11 Å². The van der Waals surface area contributed by atoms with Crippen molar-refractivity contribution in [2.45, 2.75) is 13.0 Å². The molecule has 1 N–H and O–H groups in total. The van der Waals surface area contributed by atoms with Crippen LogP contribution in [0.25, 0.3) is 16.5 Å². The Kier molecular flexibility index (Phi) is 5.39. The van der Waals surface area contributed by atoms with Gasteiger partial charge < -0.3 is 19.4 Å². The second-order valence-electron chi connectivity index (χ2n) is 6.87. The van der Waals surface area contributed by atoms with Crippen LogP contribution in [0.5, 0.6) is 11.5 Å². The number of aromatic amines is 1. The number of nitrogens with one attached hydrogen (secondary N) is 1. The summed E-state index contributed by atoms with van der Waals surface area (Å²) in [6.07, 6.45) is 4.41. The molecule has 2 aromatic carbocycles. The predicted molar refractivity (Wildman–Crippen MR) is 106 cm³/mol. The molecule has 0 saturated heterocycles. The summed E-state index contributed by atoms with van der Waals surface area (Å²) in [6, 6.07) is 8.81. The van der Waals surface area contributed by atoms with Gasteiger partial charge in [-0.3, -0.25) is 4.79 Å². The number of carbonyl (C=O) groups is 1. The van der Waals surface area contributed by atoms with Crippen molar-refractivity contribution in [3.8, 4) is 11.5 Å². The van der Waals surface area contributed by atoms with Crippen LogP contribution in [0.2, 0.25) is 0 Å². The van der Waals surface area contributed by atoms with Crippen molar-refractivity contribution in [3.05, 3.63) is 65.6 Å². The van der Waals surface area contributed by atoms with Gasteiger partial charge in [-0.1, -0.05) is 6.08 Å². The molecule has 1 aliphatic rings. The number of ether oxygens (including phenoxy) is 2. The largest absolute Gasteiger partial charge is 0.493 e. The number of rotatable bonds is 5. The SMILES string of the molecule is COc1ccc(C(=O)N2CC=C(c3c[nH]c4cc(F)ccc34)CC2)cc1OC(F)F. The van der Waals surface area contributed by atoms with Crippen molar-refractivity contribution in [1.29, 1.82) is 0 Å². The lowest BCUT2D eigenvalue weighted by atomic mass is 9.98. The average molecular weight is 416 g/mol. The first-order valence-corrected chi connectivity index (χ1v) is 9.34. The number of amides is 1. The number of fused-ring (bicyclic) bond motifs is 1. The van der Waals surface area contributed by atoms with Crippen LogP contribution in [0.4, 0.5) is 13.2 Å². The molecule has 0 spiro atoms. The lowest BCUT2D eigenvalue weighted by Gasteiger charge is -2.27. The van der Waals surface area contributed by atoms with Gasteiger partial charge in [0, 0.05) is 41.3 Å². The first-order chi connectivity index (χ1) is 14.5. The molecule has 2 heterocycles. The maximum Gasteiger partial charge on any atom is 0.387 e. The number of H-pyrrole nitrogens is 1. The van der Waals surface area contributed by atoms with Crippen LogP contribution in [-0.2, 0) is 0 Å². The Bertz CT molecular complexity index is 1120. The van der Waals surface area contributed by atoms with E-state index in [2.05, 4.69) is 9.72 Å². The molecule has 30 heavy (non-hydrogen) atoms. The molecule has 0 aliphatic carbocycles. The number of aromatic nitrogens is 1. The fourth-order valence-electron chi connectivity index (χ4n) is 3.64. The van der Waals surface area contributed by atoms with Crippen LogP contribution in [-0.4, -0.2) is 42.6 Å². The fourth-order valence-corrected chi connectivity index (χ4v) is 3.64. The minimum absolute atomic E-state index is 0.128. The van der Waals surface area contributed by atoms with Gasteiger partial charge in [0.2, 0.25) is 0 Å². The summed E-state index contributed by atoms with van der Waals surface area (Å²) < 4.78 is 48.1. The summed E-state index contributed by atoms with van der Waals surface area (Å²) in [6.45, 7) is -2.18. The van der Waals surface area contributed by atoms with Crippen molar-refractivity contribution >= 4 is 22.4 Å². The summed E-state index contributed by atoms with van der Waals surface area (Å²) in [5.74, 6) is -0.644. The number of carbonyl (C=O) groups excluding carboxylic acids is 1. The Balaban J connectivity index is 1.53. The molecule has 1 amide bonds. The maximum absolute atomic E-state index is 13.4. The van der Waals surface area contributed by atoms with Gasteiger partial charge in [0.15, 0.2) is 11.5 Å². The van der Waals surface area contributed by atoms with Gasteiger partial charge in [-0.15, -0.1) is 0 Å². The van der Waals surface area contributed by atoms with E-state index >= 15 is 0 Å². The summed E-state index contributed by atoms with van der Waals surface area (Å²) in [7, 11) is 1.34. The monoisotopic (exact) mass is 416 g/mol. The lowest BCUT2D eigenvalue weighted by molar-refractivity contribution is -0.0512. The number of methoxy groups -OCH3 is 1. The fraction of sp³-hybridized carbons (Fsp3) is 0.227. The number of halogens is 3. The first kappa shape index (κ1) is 19.9. The molecular weight excluding hydrogens is 397 g/mol. The van der Waals surface area contributed by atoms with Crippen LogP contribution < -0.4 is 9.47 Å². The number of alkyl halides is 2. The van der Waals surface area contributed by atoms with E-state index in [1.54, 1.807) is 11.0 Å². The molecule has 1 aliphatic heterocycles. The molecule has 4 rings (SSSR count). The molecule has 0 atom stereocenters. The predicted octanol–water partition coefficient (Wildman–Crippen LogP) is 4.85. The third-order valence-corrected chi connectivity index (χ3v) is 5.11. The minimum atomic E-state index is -3.02. The Morgan fingerprint density at radius 2 is 2.00 bits per heavy atom. The summed E-state index contributed by atoms with van der Waals surface area (Å²) >= 11 is 0. The maximum atomic E-state index is 13.4. The second-order valence-corrected chi connectivity index (χ2v) is 6.87. The smallest absolute Gasteiger partial charge is 0.387 e. The number of nitrogens with zero attached hydrogens (tertiary/aromatic N) is 1. The average Bonchev–Trinajstić information content (AvgIpc) is 3.16. The molecule has 0 unspecified atom stereocenters. The van der Waals surface area contributed by atoms with Gasteiger partial charge in [0.1, 0.15) is 5.82 Å². The molecule has 0 radical (unpaired) electrons. The van der Waals surface area contributed by atoms with E-state index < -0.39 is 6.61 Å². The van der Waals surface area contributed by atoms with Gasteiger partial charge >= 0.3 is 6.61 Å². The number of hydrogen-bond acceptors (Lipinski definition) is 3. The highest BCUT2D eigenvalue weighted by Gasteiger charge is 2.22. The molecule has 3 aromatic rings. The molecule has 0 bridgehead atoms. The van der Waals surface area contributed by atoms with Crippen molar-refractivity contribution < 1.29 is 27.4 Å². The summed E-state index contributed by atoms with van der Waals surface area (Å²) in [5.41, 5.74) is 3.00. The normalized spacial score (nSPS) is 14.2. The third kappa shape index (κ3) is 3.85. The quantitative estimate of drug-likeness (QED) is 0.647. The zero-order chi connectivity index (χ0) is 21.3. The standard InChI is InChI=1S/C22H19F3N2O3/c1-29-19-5-2-14(10-20(19)30-22(24)25)21(28)27-8-6-13(7-9-27)17-12-26-18-11-15(23)3-4-16(17)18/h2-6,10-12,22,26H,7-9H2,1H3. The van der Waals surface area contributed by atoms with E-state index in [0.717, 1.165) is 16.5 Å². The second kappa shape index (κ2) is 8.14. The third-order valence-electron chi connectivity index (χ3n) is 5.11. The Morgan fingerprint density at radius 3 is 2.70 bits per heavy atom. The van der Waals surface area contributed by atoms with Gasteiger partial charge in [-0.05, 0) is 48.4 Å². The van der Waals surface area contributed by atoms with E-state index in [0.29, 0.717) is 25.0 Å². The zero-order valence-corrected chi connectivity index (χ0v) is 16.1. The van der Waals surface area contributed by atoms with E-state index in [9.17, 15) is 18.0 Å². The van der Waals surface area contributed by atoms with E-state index in [1.807, 2.05) is 12.3 Å². The van der Waals surface area contributed by atoms with Gasteiger partial charge in [-0.2, -0.15) is 8.78 Å². The number of benzene rings is 2. The highest BCUT2D eigenvalue weighted by Crippen LogP contribution is 2.32. The highest BCUT2D eigenvalue weighted by molar-refractivity contribution is 5.96. The Labute approximate surface area is 170 Å². The Hall–Kier alpha value is -3.42. The van der Waals surface area contributed by atoms with Crippen molar-refractivity contribution in [2.75, 3.05) is 20.2 Å². The molecular formula is C22H19F3N2O3. The minimum Gasteiger partial charge on any atom is -0.493 e. The van der Waals surface area contributed by atoms with Gasteiger partial charge in [0.25, 0.3) is 5.91 Å². The molecule has 0 fully saturated rings. The van der Waals surface area contributed by atoms with E-state index in [4.69, 9.17) is 4.74 Å². The molecule has 0 saturated carbocycles. The van der Waals surface area contributed by atoms with Crippen molar-refractivity contribution in [2.24, 2.45) is 0 Å². The summed E-state index contributed by atoms with van der Waals surface area (Å²) in [4.78, 5) is 17.5. The van der Waals surface area contributed by atoms with Crippen molar-refractivity contribution in [1.82, 2.24) is 9.88 Å². The lowest BCUT2D eigenvalue weighted by Crippen LogP contribution is -2.34. The Morgan fingerprint density at radius 1 is 1.17 bits per heavy atom. The highest BCUT2D eigenvalue weighted by atomic mass is 19.3. The topological polar surface area (TPSA) is 54.6 Å². The van der Waals surface area contributed by atoms with Crippen LogP contribution in [0.3, 0.4) is 0 Å². The van der Waals surface area contributed by atoms with Crippen LogP contribution in [0.15, 0.2) is 48.7 Å². The van der Waals surface area contributed by atoms with Crippen molar-refractivity contribution in [3.63, 3.8) is 0 Å². The molecule has 1 aromatic heterocycles. The molecule has 8 heteroatoms. The van der Waals surface area contributed by atoms with Crippen LogP contribution in [0, 0.1) is 5.82 Å². The number of hydrogen-bond donors (Lipinski definition) is 1. The van der Waals surface area contributed by atoms with Gasteiger partial charge in [-0.25, -0.2) is 4.39 Å². The molecule has 5 nitrogen and oxygen atoms in total. The van der Waals surface area contributed by atoms with E-state index in [1.165, 1.54) is 37.4 Å². The van der Waals surface area contributed by atoms with Crippen LogP contribution >= 0.6 is 0 Å². The molecule has 156 valence electrons. The first-order valence-electron chi connectivity index (χ1n) is 9.34. The summed E-state index contributed by atoms with van der Waals surface area (Å²) in [5, 5.41) is 0.923.